The van der Waals surface area contributed by atoms with Crippen molar-refractivity contribution in [3.8, 4) is 0 Å². The number of unbranched alkanes of at least 4 members (excludes halogenated alkanes) is 17. The third kappa shape index (κ3) is 24.0. The number of hydrogen-bond acceptors (Lipinski definition) is 4. The second kappa shape index (κ2) is 21.4. The number of hydrogen-bond donors (Lipinski definition) is 4. The average Bonchev–Trinajstić information content (AvgIpc) is 2.72. The molecule has 0 aliphatic heterocycles. The van der Waals surface area contributed by atoms with Gasteiger partial charge in [-0.1, -0.05) is 116 Å². The molecule has 0 aromatic heterocycles. The van der Waals surface area contributed by atoms with E-state index in [2.05, 4.69) is 16.8 Å². The molecule has 8 heteroatoms. The topological polar surface area (TPSA) is 122 Å². The summed E-state index contributed by atoms with van der Waals surface area (Å²) in [6.45, 7) is 2.31. The predicted molar refractivity (Wildman–Crippen MR) is 128 cm³/mol. The lowest BCUT2D eigenvalue weighted by atomic mass is 10.0. The first-order chi connectivity index (χ1) is 14.9. The molecule has 0 spiro atoms. The Balaban J connectivity index is 3.24. The number of nitrogens with one attached hydrogen (secondary N) is 1. The molecule has 7 nitrogen and oxygen atoms in total. The molecule has 0 aliphatic carbocycles. The van der Waals surface area contributed by atoms with Crippen LogP contribution in [0.5, 0.6) is 0 Å². The van der Waals surface area contributed by atoms with Gasteiger partial charge in [-0.05, 0) is 6.42 Å². The van der Waals surface area contributed by atoms with Crippen LogP contribution in [0.4, 0.5) is 0 Å². The quantitative estimate of drug-likeness (QED) is 0.116. The van der Waals surface area contributed by atoms with Gasteiger partial charge in [0.25, 0.3) is 0 Å². The fraction of sp³-hybridized carbons (Fsp3) is 0.957. The number of amides is 1. The van der Waals surface area contributed by atoms with Gasteiger partial charge in [0.05, 0.1) is 6.61 Å². The molecule has 1 atom stereocenters. The van der Waals surface area contributed by atoms with Gasteiger partial charge in [0.15, 0.2) is 0 Å². The van der Waals surface area contributed by atoms with Crippen LogP contribution in [0.3, 0.4) is 0 Å². The number of rotatable bonds is 23. The van der Waals surface area contributed by atoms with E-state index in [-0.39, 0.29) is 0 Å². The second-order valence-electron chi connectivity index (χ2n) is 8.69. The predicted octanol–water partition coefficient (Wildman–Crippen LogP) is 5.58. The molecule has 0 bridgehead atoms. The van der Waals surface area contributed by atoms with E-state index in [0.29, 0.717) is 6.54 Å². The molecule has 0 aromatic carbocycles. The maximum absolute atomic E-state index is 11.7. The summed E-state index contributed by atoms with van der Waals surface area (Å²) in [5.41, 5.74) is 5.52. The van der Waals surface area contributed by atoms with Crippen LogP contribution in [0.25, 0.3) is 0 Å². The van der Waals surface area contributed by atoms with Gasteiger partial charge in [0, 0.05) is 6.54 Å². The lowest BCUT2D eigenvalue weighted by Gasteiger charge is -2.12. The van der Waals surface area contributed by atoms with Crippen molar-refractivity contribution in [2.75, 3.05) is 13.2 Å². The van der Waals surface area contributed by atoms with E-state index in [1.165, 1.54) is 103 Å². The summed E-state index contributed by atoms with van der Waals surface area (Å²) in [5.74, 6) is -0.444. The highest BCUT2D eigenvalue weighted by Gasteiger charge is 2.20. The van der Waals surface area contributed by atoms with E-state index in [9.17, 15) is 9.36 Å². The van der Waals surface area contributed by atoms with E-state index < -0.39 is 26.4 Å². The fourth-order valence-corrected chi connectivity index (χ4v) is 3.98. The molecule has 186 valence electrons. The largest absolute Gasteiger partial charge is 0.469 e. The van der Waals surface area contributed by atoms with Gasteiger partial charge in [-0.3, -0.25) is 9.32 Å². The first-order valence-corrected chi connectivity index (χ1v) is 14.1. The van der Waals surface area contributed by atoms with Gasteiger partial charge in [-0.15, -0.1) is 0 Å². The molecular formula is C23H49N2O5P. The Kier molecular flexibility index (Phi) is 21.1. The summed E-state index contributed by atoms with van der Waals surface area (Å²) in [6.07, 6.45) is 23.7. The maximum atomic E-state index is 11.7. The van der Waals surface area contributed by atoms with Crippen molar-refractivity contribution in [1.29, 1.82) is 0 Å². The standard InChI is InChI=1S/C23H49N2O5P/c1-2-3-4-5-6-7-8-9-10-11-12-13-14-15-16-17-18-19-20-25-23(26)22(24)21-30-31(27,28)29/h22H,2-21,24H2,1H3,(H,25,26)(H2,27,28,29)/t22-/m1/s1. The minimum atomic E-state index is -4.59. The number of carbonyl (C=O) groups excluding carboxylic acids is 1. The van der Waals surface area contributed by atoms with E-state index >= 15 is 0 Å². The smallest absolute Gasteiger partial charge is 0.355 e. The Morgan fingerprint density at radius 1 is 0.774 bits per heavy atom. The van der Waals surface area contributed by atoms with Crippen molar-refractivity contribution < 1.29 is 23.7 Å². The Morgan fingerprint density at radius 2 is 1.13 bits per heavy atom. The third-order valence-electron chi connectivity index (χ3n) is 5.59. The molecule has 1 amide bonds. The van der Waals surface area contributed by atoms with Crippen molar-refractivity contribution >= 4 is 13.7 Å². The Labute approximate surface area is 190 Å². The molecule has 0 radical (unpaired) electrons. The van der Waals surface area contributed by atoms with Crippen LogP contribution in [-0.2, 0) is 13.9 Å². The molecule has 0 fully saturated rings. The highest BCUT2D eigenvalue weighted by molar-refractivity contribution is 7.46. The summed E-state index contributed by atoms with van der Waals surface area (Å²) in [5, 5.41) is 2.68. The zero-order valence-electron chi connectivity index (χ0n) is 19.9. The molecule has 0 aromatic rings. The van der Waals surface area contributed by atoms with Crippen LogP contribution in [0.15, 0.2) is 0 Å². The Hall–Kier alpha value is -0.460. The van der Waals surface area contributed by atoms with Crippen LogP contribution in [0.1, 0.15) is 122 Å². The van der Waals surface area contributed by atoms with Crippen LogP contribution in [0.2, 0.25) is 0 Å². The zero-order chi connectivity index (χ0) is 23.2. The van der Waals surface area contributed by atoms with Crippen molar-refractivity contribution in [2.45, 2.75) is 129 Å². The summed E-state index contributed by atoms with van der Waals surface area (Å²) >= 11 is 0. The van der Waals surface area contributed by atoms with E-state index in [1.54, 1.807) is 0 Å². The molecule has 0 heterocycles. The van der Waals surface area contributed by atoms with Crippen molar-refractivity contribution in [3.63, 3.8) is 0 Å². The number of phosphoric acid groups is 1. The average molecular weight is 465 g/mol. The summed E-state index contributed by atoms with van der Waals surface area (Å²) in [7, 11) is -4.59. The minimum Gasteiger partial charge on any atom is -0.355 e. The number of carbonyl (C=O) groups is 1. The SMILES string of the molecule is CCCCCCCCCCCCCCCCCCCCNC(=O)[C@H](N)COP(=O)(O)O. The molecule has 0 aliphatic rings. The summed E-state index contributed by atoms with van der Waals surface area (Å²) < 4.78 is 14.8. The highest BCUT2D eigenvalue weighted by Crippen LogP contribution is 2.35. The van der Waals surface area contributed by atoms with Crippen LogP contribution < -0.4 is 11.1 Å². The maximum Gasteiger partial charge on any atom is 0.469 e. The van der Waals surface area contributed by atoms with Gasteiger partial charge >= 0.3 is 7.82 Å². The lowest BCUT2D eigenvalue weighted by molar-refractivity contribution is -0.123. The van der Waals surface area contributed by atoms with Crippen LogP contribution in [0, 0.1) is 0 Å². The number of phosphoric ester groups is 1. The van der Waals surface area contributed by atoms with Crippen LogP contribution >= 0.6 is 7.82 Å². The molecule has 31 heavy (non-hydrogen) atoms. The molecule has 5 N–H and O–H groups in total. The van der Waals surface area contributed by atoms with Crippen LogP contribution in [-0.4, -0.2) is 34.9 Å². The normalized spacial score (nSPS) is 12.8. The van der Waals surface area contributed by atoms with Crippen molar-refractivity contribution in [1.82, 2.24) is 5.32 Å². The minimum absolute atomic E-state index is 0.444. The van der Waals surface area contributed by atoms with Gasteiger partial charge in [0.1, 0.15) is 6.04 Å². The molecule has 0 rings (SSSR count). The molecular weight excluding hydrogens is 415 g/mol. The first kappa shape index (κ1) is 30.5. The fourth-order valence-electron chi connectivity index (χ4n) is 3.62. The molecule has 0 saturated heterocycles. The summed E-state index contributed by atoms with van der Waals surface area (Å²) in [6, 6.07) is -1.07. The first-order valence-electron chi connectivity index (χ1n) is 12.6. The second-order valence-corrected chi connectivity index (χ2v) is 9.93. The Bertz CT molecular complexity index is 459. The lowest BCUT2D eigenvalue weighted by Crippen LogP contribution is -2.43. The van der Waals surface area contributed by atoms with Gasteiger partial charge in [0.2, 0.25) is 5.91 Å². The van der Waals surface area contributed by atoms with Gasteiger partial charge in [-0.2, -0.15) is 0 Å². The highest BCUT2D eigenvalue weighted by atomic mass is 31.2. The molecule has 0 saturated carbocycles. The van der Waals surface area contributed by atoms with Crippen molar-refractivity contribution in [3.05, 3.63) is 0 Å². The third-order valence-corrected chi connectivity index (χ3v) is 6.07. The monoisotopic (exact) mass is 464 g/mol. The zero-order valence-corrected chi connectivity index (χ0v) is 20.8. The van der Waals surface area contributed by atoms with Gasteiger partial charge < -0.3 is 20.8 Å². The molecule has 0 unspecified atom stereocenters. The summed E-state index contributed by atoms with van der Waals surface area (Å²) in [4.78, 5) is 28.9. The van der Waals surface area contributed by atoms with E-state index in [0.717, 1.165) is 12.8 Å². The van der Waals surface area contributed by atoms with Crippen molar-refractivity contribution in [2.24, 2.45) is 5.73 Å². The van der Waals surface area contributed by atoms with E-state index in [4.69, 9.17) is 15.5 Å². The van der Waals surface area contributed by atoms with Gasteiger partial charge in [-0.25, -0.2) is 4.57 Å². The Morgan fingerprint density at radius 3 is 1.48 bits per heavy atom. The number of nitrogens with two attached hydrogens (primary N) is 1. The van der Waals surface area contributed by atoms with E-state index in [1.807, 2.05) is 0 Å².